The second kappa shape index (κ2) is 8.72. The van der Waals surface area contributed by atoms with Crippen LogP contribution >= 0.6 is 23.2 Å². The maximum absolute atomic E-state index is 11.8. The van der Waals surface area contributed by atoms with E-state index in [-0.39, 0.29) is 5.91 Å². The van der Waals surface area contributed by atoms with Crippen molar-refractivity contribution >= 4 is 29.1 Å². The van der Waals surface area contributed by atoms with Gasteiger partial charge in [-0.1, -0.05) is 29.3 Å². The van der Waals surface area contributed by atoms with Gasteiger partial charge in [0.1, 0.15) is 0 Å². The van der Waals surface area contributed by atoms with Crippen LogP contribution in [0.5, 0.6) is 0 Å². The van der Waals surface area contributed by atoms with Gasteiger partial charge in [-0.15, -0.1) is 0 Å². The fourth-order valence-electron chi connectivity index (χ4n) is 2.88. The third-order valence-corrected chi connectivity index (χ3v) is 4.92. The van der Waals surface area contributed by atoms with Crippen LogP contribution in [0.15, 0.2) is 41.0 Å². The largest absolute Gasteiger partial charge is 0.459 e. The Hall–Kier alpha value is -1.53. The van der Waals surface area contributed by atoms with Gasteiger partial charge in [-0.05, 0) is 29.8 Å². The summed E-state index contributed by atoms with van der Waals surface area (Å²) in [6, 6.07) is 9.02. The van der Waals surface area contributed by atoms with Gasteiger partial charge < -0.3 is 9.73 Å². The van der Waals surface area contributed by atoms with Crippen molar-refractivity contribution in [3.63, 3.8) is 0 Å². The highest BCUT2D eigenvalue weighted by atomic mass is 35.5. The Kier molecular flexibility index (Phi) is 6.37. The Labute approximate surface area is 157 Å². The van der Waals surface area contributed by atoms with Crippen molar-refractivity contribution in [3.8, 4) is 0 Å². The molecule has 25 heavy (non-hydrogen) atoms. The zero-order valence-corrected chi connectivity index (χ0v) is 15.4. The second-order valence-electron chi connectivity index (χ2n) is 6.09. The van der Waals surface area contributed by atoms with Crippen LogP contribution in [0.3, 0.4) is 0 Å². The molecule has 1 N–H and O–H groups in total. The molecule has 0 atom stereocenters. The SMILES string of the molecule is O=C(NCCN1CCN(Cc2ccc(Cl)cc2Cl)CC1)c1ccco1. The van der Waals surface area contributed by atoms with E-state index < -0.39 is 0 Å². The first-order chi connectivity index (χ1) is 12.1. The molecule has 134 valence electrons. The van der Waals surface area contributed by atoms with Crippen LogP contribution in [0, 0.1) is 0 Å². The summed E-state index contributed by atoms with van der Waals surface area (Å²) < 4.78 is 5.07. The maximum atomic E-state index is 11.8. The third kappa shape index (κ3) is 5.22. The van der Waals surface area contributed by atoms with Gasteiger partial charge in [-0.25, -0.2) is 0 Å². The number of carbonyl (C=O) groups is 1. The molecule has 0 unspecified atom stereocenters. The molecule has 1 saturated heterocycles. The minimum Gasteiger partial charge on any atom is -0.459 e. The number of rotatable bonds is 6. The topological polar surface area (TPSA) is 48.7 Å². The lowest BCUT2D eigenvalue weighted by Crippen LogP contribution is -2.48. The van der Waals surface area contributed by atoms with Crippen LogP contribution in [0.25, 0.3) is 0 Å². The Morgan fingerprint density at radius 1 is 1.12 bits per heavy atom. The van der Waals surface area contributed by atoms with Crippen LogP contribution < -0.4 is 5.32 Å². The van der Waals surface area contributed by atoms with Gasteiger partial charge in [0.15, 0.2) is 5.76 Å². The third-order valence-electron chi connectivity index (χ3n) is 4.33. The summed E-state index contributed by atoms with van der Waals surface area (Å²) in [5.41, 5.74) is 1.10. The molecule has 2 aromatic rings. The molecule has 1 fully saturated rings. The van der Waals surface area contributed by atoms with Crippen molar-refractivity contribution in [2.24, 2.45) is 0 Å². The number of halogens is 2. The molecule has 1 aromatic carbocycles. The first kappa shape index (κ1) is 18.3. The summed E-state index contributed by atoms with van der Waals surface area (Å²) in [5.74, 6) is 0.186. The van der Waals surface area contributed by atoms with E-state index in [1.807, 2.05) is 12.1 Å². The van der Waals surface area contributed by atoms with Crippen LogP contribution in [0.2, 0.25) is 10.0 Å². The molecule has 1 aromatic heterocycles. The quantitative estimate of drug-likeness (QED) is 0.834. The number of hydrogen-bond acceptors (Lipinski definition) is 4. The van der Waals surface area contributed by atoms with E-state index in [2.05, 4.69) is 15.1 Å². The predicted molar refractivity (Wildman–Crippen MR) is 99.2 cm³/mol. The summed E-state index contributed by atoms with van der Waals surface area (Å²) >= 11 is 12.2. The Morgan fingerprint density at radius 3 is 2.56 bits per heavy atom. The van der Waals surface area contributed by atoms with Gasteiger partial charge in [-0.3, -0.25) is 14.6 Å². The number of nitrogens with zero attached hydrogens (tertiary/aromatic N) is 2. The molecule has 0 bridgehead atoms. The van der Waals surface area contributed by atoms with Crippen molar-refractivity contribution in [2.45, 2.75) is 6.54 Å². The van der Waals surface area contributed by atoms with Crippen molar-refractivity contribution < 1.29 is 9.21 Å². The van der Waals surface area contributed by atoms with E-state index in [1.54, 1.807) is 18.2 Å². The minimum atomic E-state index is -0.166. The fraction of sp³-hybridized carbons (Fsp3) is 0.389. The number of furan rings is 1. The standard InChI is InChI=1S/C18H21Cl2N3O2/c19-15-4-3-14(16(20)12-15)13-23-9-7-22(8-10-23)6-5-21-18(24)17-2-1-11-25-17/h1-4,11-12H,5-10,13H2,(H,21,24). The molecule has 0 aliphatic carbocycles. The van der Waals surface area contributed by atoms with Crippen molar-refractivity contribution in [2.75, 3.05) is 39.3 Å². The van der Waals surface area contributed by atoms with Crippen LogP contribution in [-0.2, 0) is 6.54 Å². The minimum absolute atomic E-state index is 0.166. The Balaban J connectivity index is 1.38. The highest BCUT2D eigenvalue weighted by Gasteiger charge is 2.18. The lowest BCUT2D eigenvalue weighted by Gasteiger charge is -2.34. The van der Waals surface area contributed by atoms with Gasteiger partial charge in [0, 0.05) is 55.9 Å². The summed E-state index contributed by atoms with van der Waals surface area (Å²) in [4.78, 5) is 16.5. The molecule has 0 radical (unpaired) electrons. The van der Waals surface area contributed by atoms with Crippen LogP contribution in [0.1, 0.15) is 16.1 Å². The Morgan fingerprint density at radius 2 is 1.88 bits per heavy atom. The second-order valence-corrected chi connectivity index (χ2v) is 6.93. The molecule has 1 aliphatic heterocycles. The molecule has 1 aliphatic rings. The Bertz CT molecular complexity index is 698. The fourth-order valence-corrected chi connectivity index (χ4v) is 3.35. The van der Waals surface area contributed by atoms with E-state index in [0.29, 0.717) is 17.3 Å². The van der Waals surface area contributed by atoms with Crippen molar-refractivity contribution in [1.82, 2.24) is 15.1 Å². The van der Waals surface area contributed by atoms with Gasteiger partial charge in [0.25, 0.3) is 5.91 Å². The number of nitrogens with one attached hydrogen (secondary N) is 1. The van der Waals surface area contributed by atoms with E-state index in [1.165, 1.54) is 6.26 Å². The lowest BCUT2D eigenvalue weighted by molar-refractivity contribution is 0.0907. The van der Waals surface area contributed by atoms with Gasteiger partial charge in [-0.2, -0.15) is 0 Å². The molecule has 1 amide bonds. The zero-order valence-electron chi connectivity index (χ0n) is 13.9. The monoisotopic (exact) mass is 381 g/mol. The smallest absolute Gasteiger partial charge is 0.287 e. The number of piperazine rings is 1. The van der Waals surface area contributed by atoms with E-state index in [9.17, 15) is 4.79 Å². The number of hydrogen-bond donors (Lipinski definition) is 1. The predicted octanol–water partition coefficient (Wildman–Crippen LogP) is 3.13. The average molecular weight is 382 g/mol. The first-order valence-electron chi connectivity index (χ1n) is 8.32. The van der Waals surface area contributed by atoms with Crippen LogP contribution in [-0.4, -0.2) is 55.0 Å². The molecular weight excluding hydrogens is 361 g/mol. The van der Waals surface area contributed by atoms with E-state index >= 15 is 0 Å². The average Bonchev–Trinajstić information content (AvgIpc) is 3.13. The molecule has 5 nitrogen and oxygen atoms in total. The zero-order chi connectivity index (χ0) is 17.6. The lowest BCUT2D eigenvalue weighted by atomic mass is 10.2. The highest BCUT2D eigenvalue weighted by Crippen LogP contribution is 2.22. The molecule has 3 rings (SSSR count). The first-order valence-corrected chi connectivity index (χ1v) is 9.08. The molecule has 0 saturated carbocycles. The normalized spacial score (nSPS) is 16.1. The molecule has 0 spiro atoms. The van der Waals surface area contributed by atoms with E-state index in [4.69, 9.17) is 27.6 Å². The highest BCUT2D eigenvalue weighted by molar-refractivity contribution is 6.35. The summed E-state index contributed by atoms with van der Waals surface area (Å²) in [5, 5.41) is 4.26. The molecule has 2 heterocycles. The van der Waals surface area contributed by atoms with Crippen molar-refractivity contribution in [1.29, 1.82) is 0 Å². The number of benzene rings is 1. The molecular formula is C18H21Cl2N3O2. The maximum Gasteiger partial charge on any atom is 0.287 e. The number of carbonyl (C=O) groups excluding carboxylic acids is 1. The van der Waals surface area contributed by atoms with Gasteiger partial charge in [0.05, 0.1) is 6.26 Å². The van der Waals surface area contributed by atoms with Gasteiger partial charge in [0.2, 0.25) is 0 Å². The van der Waals surface area contributed by atoms with E-state index in [0.717, 1.165) is 49.9 Å². The summed E-state index contributed by atoms with van der Waals surface area (Å²) in [6.45, 7) is 6.18. The molecule has 7 heteroatoms. The summed E-state index contributed by atoms with van der Waals surface area (Å²) in [6.07, 6.45) is 1.50. The van der Waals surface area contributed by atoms with Crippen LogP contribution in [0.4, 0.5) is 0 Å². The summed E-state index contributed by atoms with van der Waals surface area (Å²) in [7, 11) is 0. The van der Waals surface area contributed by atoms with Crippen molar-refractivity contribution in [3.05, 3.63) is 58.0 Å². The van der Waals surface area contributed by atoms with Gasteiger partial charge >= 0.3 is 0 Å². The number of amides is 1.